The highest BCUT2D eigenvalue weighted by atomic mass is 16.5. The van der Waals surface area contributed by atoms with E-state index >= 15 is 0 Å². The molecule has 0 atom stereocenters. The van der Waals surface area contributed by atoms with E-state index in [2.05, 4.69) is 4.74 Å². The molecule has 0 amide bonds. The summed E-state index contributed by atoms with van der Waals surface area (Å²) < 4.78 is 14.5. The number of methoxy groups -OCH3 is 3. The number of hydrogen-bond acceptors (Lipinski definition) is 6. The van der Waals surface area contributed by atoms with Gasteiger partial charge in [0.05, 0.1) is 21.3 Å². The van der Waals surface area contributed by atoms with Gasteiger partial charge in [-0.3, -0.25) is 0 Å². The monoisotopic (exact) mass is 294 g/mol. The molecule has 0 fully saturated rings. The van der Waals surface area contributed by atoms with E-state index in [4.69, 9.17) is 24.8 Å². The average molecular weight is 294 g/mol. The highest BCUT2D eigenvalue weighted by Gasteiger charge is 2.04. The Morgan fingerprint density at radius 2 is 1.19 bits per heavy atom. The van der Waals surface area contributed by atoms with Gasteiger partial charge in [-0.1, -0.05) is 6.07 Å². The first-order chi connectivity index (χ1) is 10.0. The number of ether oxygens (including phenoxy) is 3. The standard InChI is InChI=1S/C8H10O3.C7H8O3/c1-10-7-3-6(9)4-8(5-7)11-2;1-10-7-5(8)3-2-4-6(7)9/h3-5,9H,1-2H3;2-4,8-9H,1H3. The van der Waals surface area contributed by atoms with Crippen molar-refractivity contribution in [3.05, 3.63) is 36.4 Å². The topological polar surface area (TPSA) is 88.4 Å². The van der Waals surface area contributed by atoms with Crippen molar-refractivity contribution in [2.75, 3.05) is 21.3 Å². The number of hydrogen-bond donors (Lipinski definition) is 3. The van der Waals surface area contributed by atoms with Crippen molar-refractivity contribution in [3.8, 4) is 34.5 Å². The zero-order valence-corrected chi connectivity index (χ0v) is 12.0. The van der Waals surface area contributed by atoms with Gasteiger partial charge in [0.15, 0.2) is 11.5 Å². The molecule has 114 valence electrons. The van der Waals surface area contributed by atoms with Gasteiger partial charge >= 0.3 is 0 Å². The summed E-state index contributed by atoms with van der Waals surface area (Å²) in [6.07, 6.45) is 0. The van der Waals surface area contributed by atoms with Crippen LogP contribution in [0.4, 0.5) is 0 Å². The maximum absolute atomic E-state index is 9.10. The Hall–Kier alpha value is -2.76. The van der Waals surface area contributed by atoms with Crippen LogP contribution in [0, 0.1) is 0 Å². The second-order valence-corrected chi connectivity index (χ2v) is 3.90. The van der Waals surface area contributed by atoms with Crippen LogP contribution in [0.1, 0.15) is 0 Å². The minimum absolute atomic E-state index is 0.0532. The van der Waals surface area contributed by atoms with Crippen LogP contribution in [0.3, 0.4) is 0 Å². The van der Waals surface area contributed by atoms with Crippen LogP contribution in [-0.4, -0.2) is 36.6 Å². The van der Waals surface area contributed by atoms with Gasteiger partial charge in [0.2, 0.25) is 5.75 Å². The molecule has 0 unspecified atom stereocenters. The fraction of sp³-hybridized carbons (Fsp3) is 0.200. The van der Waals surface area contributed by atoms with Crippen LogP contribution in [0.25, 0.3) is 0 Å². The van der Waals surface area contributed by atoms with Crippen molar-refractivity contribution in [2.45, 2.75) is 0 Å². The van der Waals surface area contributed by atoms with Crippen LogP contribution in [0.15, 0.2) is 36.4 Å². The summed E-state index contributed by atoms with van der Waals surface area (Å²) in [4.78, 5) is 0. The molecule has 0 aliphatic rings. The average Bonchev–Trinajstić information content (AvgIpc) is 2.47. The van der Waals surface area contributed by atoms with Gasteiger partial charge in [0.1, 0.15) is 17.2 Å². The Labute approximate surface area is 122 Å². The summed E-state index contributed by atoms with van der Waals surface area (Å²) in [6, 6.07) is 9.15. The predicted molar refractivity (Wildman–Crippen MR) is 77.5 cm³/mol. The van der Waals surface area contributed by atoms with Gasteiger partial charge in [-0.15, -0.1) is 0 Å². The number of para-hydroxylation sites is 1. The number of phenolic OH excluding ortho intramolecular Hbond substituents is 3. The van der Waals surface area contributed by atoms with Crippen LogP contribution >= 0.6 is 0 Å². The van der Waals surface area contributed by atoms with E-state index in [1.807, 2.05) is 0 Å². The van der Waals surface area contributed by atoms with E-state index in [1.54, 1.807) is 6.07 Å². The molecule has 0 saturated carbocycles. The largest absolute Gasteiger partial charge is 0.508 e. The molecule has 0 spiro atoms. The molecule has 0 aliphatic heterocycles. The Kier molecular flexibility index (Phi) is 6.00. The molecule has 0 aromatic heterocycles. The lowest BCUT2D eigenvalue weighted by Crippen LogP contribution is -1.85. The molecule has 21 heavy (non-hydrogen) atoms. The zero-order valence-electron chi connectivity index (χ0n) is 12.0. The Balaban J connectivity index is 0.000000211. The van der Waals surface area contributed by atoms with Gasteiger partial charge in [0.25, 0.3) is 0 Å². The molecule has 0 heterocycles. The summed E-state index contributed by atoms with van der Waals surface area (Å²) in [5.74, 6) is 1.32. The normalized spacial score (nSPS) is 9.29. The van der Waals surface area contributed by atoms with Crippen LogP contribution < -0.4 is 14.2 Å². The van der Waals surface area contributed by atoms with E-state index in [0.29, 0.717) is 11.5 Å². The number of phenols is 3. The molecular formula is C15H18O6. The van der Waals surface area contributed by atoms with E-state index in [9.17, 15) is 0 Å². The van der Waals surface area contributed by atoms with Crippen LogP contribution in [0.2, 0.25) is 0 Å². The molecule has 2 aromatic rings. The third-order valence-corrected chi connectivity index (χ3v) is 2.51. The van der Waals surface area contributed by atoms with Crippen molar-refractivity contribution in [1.82, 2.24) is 0 Å². The minimum atomic E-state index is -0.0532. The van der Waals surface area contributed by atoms with Crippen LogP contribution in [-0.2, 0) is 0 Å². The summed E-state index contributed by atoms with van der Waals surface area (Å²) in [5, 5.41) is 27.1. The van der Waals surface area contributed by atoms with Gasteiger partial charge in [0, 0.05) is 18.2 Å². The minimum Gasteiger partial charge on any atom is -0.508 e. The maximum Gasteiger partial charge on any atom is 0.202 e. The number of aromatic hydroxyl groups is 3. The lowest BCUT2D eigenvalue weighted by atomic mass is 10.3. The lowest BCUT2D eigenvalue weighted by Gasteiger charge is -2.03. The summed E-state index contributed by atoms with van der Waals surface area (Å²) in [6.45, 7) is 0. The zero-order chi connectivity index (χ0) is 15.8. The molecule has 0 saturated heterocycles. The van der Waals surface area contributed by atoms with Crippen molar-refractivity contribution >= 4 is 0 Å². The van der Waals surface area contributed by atoms with Crippen molar-refractivity contribution in [3.63, 3.8) is 0 Å². The first-order valence-electron chi connectivity index (χ1n) is 5.98. The Morgan fingerprint density at radius 1 is 0.714 bits per heavy atom. The van der Waals surface area contributed by atoms with E-state index in [0.717, 1.165) is 0 Å². The van der Waals surface area contributed by atoms with E-state index in [1.165, 1.54) is 51.7 Å². The highest BCUT2D eigenvalue weighted by molar-refractivity contribution is 5.49. The smallest absolute Gasteiger partial charge is 0.202 e. The number of benzene rings is 2. The summed E-state index contributed by atoms with van der Waals surface area (Å²) >= 11 is 0. The molecular weight excluding hydrogens is 276 g/mol. The van der Waals surface area contributed by atoms with Crippen LogP contribution in [0.5, 0.6) is 34.5 Å². The fourth-order valence-electron chi connectivity index (χ4n) is 1.51. The third kappa shape index (κ3) is 4.68. The Bertz CT molecular complexity index is 540. The molecule has 2 aromatic carbocycles. The Morgan fingerprint density at radius 3 is 1.52 bits per heavy atom. The fourth-order valence-corrected chi connectivity index (χ4v) is 1.51. The number of rotatable bonds is 3. The molecule has 6 heteroatoms. The van der Waals surface area contributed by atoms with Gasteiger partial charge < -0.3 is 29.5 Å². The molecule has 0 bridgehead atoms. The molecule has 3 N–H and O–H groups in total. The third-order valence-electron chi connectivity index (χ3n) is 2.51. The molecule has 0 aliphatic carbocycles. The SMILES string of the molecule is COc1c(O)cccc1O.COc1cc(O)cc(OC)c1. The quantitative estimate of drug-likeness (QED) is 0.806. The first kappa shape index (κ1) is 16.3. The van der Waals surface area contributed by atoms with E-state index < -0.39 is 0 Å². The summed E-state index contributed by atoms with van der Waals surface area (Å²) in [7, 11) is 4.46. The second-order valence-electron chi connectivity index (χ2n) is 3.90. The van der Waals surface area contributed by atoms with Gasteiger partial charge in [-0.25, -0.2) is 0 Å². The van der Waals surface area contributed by atoms with Gasteiger partial charge in [-0.05, 0) is 12.1 Å². The van der Waals surface area contributed by atoms with Crippen molar-refractivity contribution in [1.29, 1.82) is 0 Å². The first-order valence-corrected chi connectivity index (χ1v) is 5.98. The van der Waals surface area contributed by atoms with E-state index in [-0.39, 0.29) is 23.0 Å². The van der Waals surface area contributed by atoms with Crippen molar-refractivity contribution in [2.24, 2.45) is 0 Å². The molecule has 6 nitrogen and oxygen atoms in total. The van der Waals surface area contributed by atoms with Gasteiger partial charge in [-0.2, -0.15) is 0 Å². The highest BCUT2D eigenvalue weighted by Crippen LogP contribution is 2.34. The summed E-state index contributed by atoms with van der Waals surface area (Å²) in [5.41, 5.74) is 0. The molecule has 0 radical (unpaired) electrons. The predicted octanol–water partition coefficient (Wildman–Crippen LogP) is 2.52. The maximum atomic E-state index is 9.10. The lowest BCUT2D eigenvalue weighted by molar-refractivity contribution is 0.344. The van der Waals surface area contributed by atoms with Crippen molar-refractivity contribution < 1.29 is 29.5 Å². The second kappa shape index (κ2) is 7.74. The molecule has 2 rings (SSSR count).